The van der Waals surface area contributed by atoms with E-state index in [1.54, 1.807) is 12.1 Å². The van der Waals surface area contributed by atoms with Crippen molar-refractivity contribution in [2.45, 2.75) is 0 Å². The van der Waals surface area contributed by atoms with Crippen molar-refractivity contribution in [1.29, 1.82) is 21.0 Å². The lowest BCUT2D eigenvalue weighted by atomic mass is 9.91. The fraction of sp³-hybridized carbons (Fsp3) is 0. The molecule has 0 spiro atoms. The number of nitrogens with zero attached hydrogens (tertiary/aromatic N) is 6. The Balaban J connectivity index is 1.36. The van der Waals surface area contributed by atoms with Crippen LogP contribution in [0, 0.1) is 45.3 Å². The van der Waals surface area contributed by atoms with Crippen molar-refractivity contribution in [3.05, 3.63) is 204 Å². The zero-order valence-electron chi connectivity index (χ0n) is 32.0. The molecule has 0 unspecified atom stereocenters. The molecule has 0 aliphatic heterocycles. The Hall–Kier alpha value is -8.94. The van der Waals surface area contributed by atoms with Crippen molar-refractivity contribution in [3.8, 4) is 80.2 Å². The van der Waals surface area contributed by atoms with Crippen LogP contribution in [0.1, 0.15) is 22.3 Å². The number of para-hydroxylation sites is 4. The van der Waals surface area contributed by atoms with Gasteiger partial charge in [0.2, 0.25) is 0 Å². The molecule has 0 aliphatic rings. The fourth-order valence-corrected chi connectivity index (χ4v) is 8.75. The first-order valence-electron chi connectivity index (χ1n) is 19.4. The Bertz CT molecular complexity index is 3230. The van der Waals surface area contributed by atoms with Crippen LogP contribution in [0.2, 0.25) is 0 Å². The van der Waals surface area contributed by atoms with Crippen molar-refractivity contribution in [3.63, 3.8) is 0 Å². The molecule has 10 aromatic rings. The molecule has 0 fully saturated rings. The lowest BCUT2D eigenvalue weighted by Crippen LogP contribution is -2.03. The fourth-order valence-electron chi connectivity index (χ4n) is 8.75. The van der Waals surface area contributed by atoms with Gasteiger partial charge in [-0.1, -0.05) is 121 Å². The van der Waals surface area contributed by atoms with Crippen molar-refractivity contribution in [1.82, 2.24) is 9.13 Å². The number of hydrogen-bond donors (Lipinski definition) is 0. The molecule has 0 atom stereocenters. The number of aromatic nitrogens is 2. The maximum atomic E-state index is 9.90. The van der Waals surface area contributed by atoms with Crippen LogP contribution in [-0.2, 0) is 0 Å². The molecule has 0 N–H and O–H groups in total. The molecule has 2 aromatic heterocycles. The van der Waals surface area contributed by atoms with Crippen LogP contribution in [-0.4, -0.2) is 9.13 Å². The molecule has 0 saturated carbocycles. The molecule has 10 rings (SSSR count). The Morgan fingerprint density at radius 3 is 1.02 bits per heavy atom. The molecule has 6 heteroatoms. The van der Waals surface area contributed by atoms with Crippen LogP contribution in [0.5, 0.6) is 0 Å². The summed E-state index contributed by atoms with van der Waals surface area (Å²) in [5.74, 6) is 0. The number of nitriles is 4. The second kappa shape index (κ2) is 14.5. The highest BCUT2D eigenvalue weighted by Gasteiger charge is 2.27. The van der Waals surface area contributed by atoms with E-state index in [-0.39, 0.29) is 0 Å². The predicted octanol–water partition coefficient (Wildman–Crippen LogP) is 12.9. The SMILES string of the molecule is N#Cc1cc(C#N)cc(-c2ccccc2-c2cccc3c4c5cccc(-c6ccccc6-c6cc(C#N)cc(C#N)c6)c5n(-c5ccccc5)c4n(-c4ccccc4)c23)c1. The summed E-state index contributed by atoms with van der Waals surface area (Å²) in [6.07, 6.45) is 0. The predicted molar refractivity (Wildman–Crippen MR) is 238 cm³/mol. The third kappa shape index (κ3) is 5.69. The summed E-state index contributed by atoms with van der Waals surface area (Å²) in [5, 5.41) is 42.8. The highest BCUT2D eigenvalue weighted by Crippen LogP contribution is 2.48. The number of benzene rings is 8. The molecular formula is C54H30N6. The molecule has 60 heavy (non-hydrogen) atoms. The Morgan fingerprint density at radius 2 is 0.650 bits per heavy atom. The largest absolute Gasteiger partial charge is 0.294 e. The van der Waals surface area contributed by atoms with Gasteiger partial charge < -0.3 is 0 Å². The van der Waals surface area contributed by atoms with E-state index in [0.717, 1.165) is 88.7 Å². The molecule has 276 valence electrons. The van der Waals surface area contributed by atoms with E-state index >= 15 is 0 Å². The van der Waals surface area contributed by atoms with Gasteiger partial charge in [0.25, 0.3) is 0 Å². The van der Waals surface area contributed by atoms with Gasteiger partial charge in [-0.2, -0.15) is 21.0 Å². The average Bonchev–Trinajstić information content (AvgIpc) is 3.84. The van der Waals surface area contributed by atoms with E-state index in [0.29, 0.717) is 22.3 Å². The summed E-state index contributed by atoms with van der Waals surface area (Å²) < 4.78 is 4.73. The summed E-state index contributed by atoms with van der Waals surface area (Å²) in [4.78, 5) is 0. The molecular weight excluding hydrogens is 733 g/mol. The van der Waals surface area contributed by atoms with E-state index in [1.165, 1.54) is 0 Å². The van der Waals surface area contributed by atoms with E-state index < -0.39 is 0 Å². The second-order valence-electron chi connectivity index (χ2n) is 14.6. The van der Waals surface area contributed by atoms with Gasteiger partial charge in [0.1, 0.15) is 5.65 Å². The minimum atomic E-state index is 0.430. The van der Waals surface area contributed by atoms with Crippen LogP contribution in [0.25, 0.3) is 88.7 Å². The van der Waals surface area contributed by atoms with E-state index in [9.17, 15) is 21.0 Å². The molecule has 0 saturated heterocycles. The second-order valence-corrected chi connectivity index (χ2v) is 14.6. The quantitative estimate of drug-likeness (QED) is 0.168. The molecule has 0 aliphatic carbocycles. The highest BCUT2D eigenvalue weighted by atomic mass is 15.1. The third-order valence-corrected chi connectivity index (χ3v) is 11.2. The summed E-state index contributed by atoms with van der Waals surface area (Å²) >= 11 is 0. The highest BCUT2D eigenvalue weighted by molar-refractivity contribution is 6.26. The Labute approximate surface area is 346 Å². The van der Waals surface area contributed by atoms with Gasteiger partial charge in [-0.3, -0.25) is 9.13 Å². The van der Waals surface area contributed by atoms with Gasteiger partial charge in [-0.25, -0.2) is 0 Å². The van der Waals surface area contributed by atoms with Gasteiger partial charge in [0.15, 0.2) is 0 Å². The van der Waals surface area contributed by atoms with Gasteiger partial charge in [-0.05, 0) is 94.0 Å². The third-order valence-electron chi connectivity index (χ3n) is 11.2. The number of hydrogen-bond acceptors (Lipinski definition) is 4. The topological polar surface area (TPSA) is 105 Å². The molecule has 0 amide bonds. The van der Waals surface area contributed by atoms with Crippen LogP contribution in [0.4, 0.5) is 0 Å². The van der Waals surface area contributed by atoms with Gasteiger partial charge >= 0.3 is 0 Å². The van der Waals surface area contributed by atoms with Crippen molar-refractivity contribution in [2.75, 3.05) is 0 Å². The standard InChI is InChI=1S/C54H30N6/c55-31-35-25-36(32-56)28-39(27-35)43-17-7-9-19-45(43)47-21-11-23-49-51-50-24-12-22-48(46-20-10-8-18-44(46)40-29-37(33-57)26-38(30-40)34-58)53(50)60(42-15-5-2-6-16-42)54(51)59(52(47)49)41-13-3-1-4-14-41/h1-30H. The van der Waals surface area contributed by atoms with Crippen molar-refractivity contribution in [2.24, 2.45) is 0 Å². The Kier molecular flexibility index (Phi) is 8.59. The lowest BCUT2D eigenvalue weighted by Gasteiger charge is -2.18. The van der Waals surface area contributed by atoms with Gasteiger partial charge in [0.05, 0.1) is 57.6 Å². The molecule has 2 heterocycles. The van der Waals surface area contributed by atoms with Crippen LogP contribution < -0.4 is 0 Å². The first-order chi connectivity index (χ1) is 29.6. The molecule has 8 aromatic carbocycles. The minimum Gasteiger partial charge on any atom is -0.294 e. The minimum absolute atomic E-state index is 0.430. The molecule has 0 bridgehead atoms. The monoisotopic (exact) mass is 762 g/mol. The average molecular weight is 763 g/mol. The zero-order chi connectivity index (χ0) is 40.7. The lowest BCUT2D eigenvalue weighted by molar-refractivity contribution is 1.07. The Morgan fingerprint density at radius 1 is 0.317 bits per heavy atom. The van der Waals surface area contributed by atoms with Gasteiger partial charge in [-0.15, -0.1) is 0 Å². The van der Waals surface area contributed by atoms with Crippen LogP contribution >= 0.6 is 0 Å². The number of rotatable bonds is 6. The van der Waals surface area contributed by atoms with Crippen molar-refractivity contribution >= 4 is 32.8 Å². The normalized spacial score (nSPS) is 10.9. The van der Waals surface area contributed by atoms with E-state index in [4.69, 9.17) is 0 Å². The summed E-state index contributed by atoms with van der Waals surface area (Å²) in [6.45, 7) is 0. The molecule has 0 radical (unpaired) electrons. The smallest absolute Gasteiger partial charge is 0.131 e. The van der Waals surface area contributed by atoms with Crippen molar-refractivity contribution < 1.29 is 0 Å². The number of fused-ring (bicyclic) bond motifs is 5. The van der Waals surface area contributed by atoms with Crippen LogP contribution in [0.15, 0.2) is 182 Å². The van der Waals surface area contributed by atoms with Gasteiger partial charge in [0, 0.05) is 38.7 Å². The van der Waals surface area contributed by atoms with E-state index in [2.05, 4.69) is 143 Å². The first kappa shape index (κ1) is 35.5. The van der Waals surface area contributed by atoms with Crippen LogP contribution in [0.3, 0.4) is 0 Å². The maximum Gasteiger partial charge on any atom is 0.131 e. The molecule has 6 nitrogen and oxygen atoms in total. The summed E-state index contributed by atoms with van der Waals surface area (Å²) in [5.41, 5.74) is 14.1. The maximum absolute atomic E-state index is 9.90. The summed E-state index contributed by atoms with van der Waals surface area (Å²) in [7, 11) is 0. The zero-order valence-corrected chi connectivity index (χ0v) is 32.0. The summed E-state index contributed by atoms with van der Waals surface area (Å²) in [6, 6.07) is 69.7. The van der Waals surface area contributed by atoms with E-state index in [1.807, 2.05) is 60.7 Å². The first-order valence-corrected chi connectivity index (χ1v) is 19.4.